The molecule has 0 fully saturated rings. The lowest BCUT2D eigenvalue weighted by atomic mass is 10.3. The number of halogens is 1. The van der Waals surface area contributed by atoms with Gasteiger partial charge in [0.1, 0.15) is 0 Å². The molecule has 7 heteroatoms. The van der Waals surface area contributed by atoms with Crippen molar-refractivity contribution in [3.63, 3.8) is 0 Å². The Kier molecular flexibility index (Phi) is 4.28. The molecule has 19 heavy (non-hydrogen) atoms. The topological polar surface area (TPSA) is 73.0 Å². The minimum atomic E-state index is -0.416. The van der Waals surface area contributed by atoms with Crippen molar-refractivity contribution in [3.8, 4) is 5.69 Å². The summed E-state index contributed by atoms with van der Waals surface area (Å²) in [6.07, 6.45) is 2.67. The molecule has 100 valence electrons. The second-order valence-electron chi connectivity index (χ2n) is 4.00. The first-order chi connectivity index (χ1) is 9.11. The van der Waals surface area contributed by atoms with Crippen LogP contribution in [0.2, 0.25) is 0 Å². The second-order valence-corrected chi connectivity index (χ2v) is 4.85. The maximum atomic E-state index is 10.6. The summed E-state index contributed by atoms with van der Waals surface area (Å²) in [6.45, 7) is 0.843. The summed E-state index contributed by atoms with van der Waals surface area (Å²) >= 11 is 3.46. The van der Waals surface area contributed by atoms with Crippen molar-refractivity contribution in [3.05, 3.63) is 50.7 Å². The Bertz CT molecular complexity index is 580. The summed E-state index contributed by atoms with van der Waals surface area (Å²) < 4.78 is 2.64. The molecular formula is C12H13BrN4O2. The Labute approximate surface area is 118 Å². The monoisotopic (exact) mass is 324 g/mol. The third kappa shape index (κ3) is 3.18. The van der Waals surface area contributed by atoms with Crippen molar-refractivity contribution >= 4 is 21.6 Å². The summed E-state index contributed by atoms with van der Waals surface area (Å²) in [5.74, 6) is 0. The van der Waals surface area contributed by atoms with Crippen molar-refractivity contribution in [1.82, 2.24) is 15.1 Å². The highest BCUT2D eigenvalue weighted by Gasteiger charge is 2.09. The van der Waals surface area contributed by atoms with Crippen molar-refractivity contribution in [1.29, 1.82) is 0 Å². The van der Waals surface area contributed by atoms with Crippen LogP contribution in [0.25, 0.3) is 5.69 Å². The molecule has 2 aromatic rings. The normalized spacial score (nSPS) is 10.6. The predicted molar refractivity (Wildman–Crippen MR) is 75.5 cm³/mol. The number of non-ortho nitro benzene ring substituents is 1. The van der Waals surface area contributed by atoms with Crippen LogP contribution in [0.15, 0.2) is 34.9 Å². The van der Waals surface area contributed by atoms with E-state index < -0.39 is 4.92 Å². The first-order valence-corrected chi connectivity index (χ1v) is 6.54. The van der Waals surface area contributed by atoms with Gasteiger partial charge in [0.15, 0.2) is 0 Å². The van der Waals surface area contributed by atoms with Crippen LogP contribution in [0.4, 0.5) is 5.69 Å². The molecule has 2 rings (SSSR count). The van der Waals surface area contributed by atoms with Gasteiger partial charge in [0, 0.05) is 31.3 Å². The average molecular weight is 325 g/mol. The zero-order chi connectivity index (χ0) is 13.8. The van der Waals surface area contributed by atoms with Gasteiger partial charge in [-0.3, -0.25) is 10.1 Å². The number of aromatic nitrogens is 2. The fourth-order valence-corrected chi connectivity index (χ4v) is 2.13. The van der Waals surface area contributed by atoms with E-state index in [2.05, 4.69) is 26.3 Å². The van der Waals surface area contributed by atoms with Crippen molar-refractivity contribution in [2.45, 2.75) is 6.42 Å². The first-order valence-electron chi connectivity index (χ1n) is 5.75. The van der Waals surface area contributed by atoms with Gasteiger partial charge in [-0.25, -0.2) is 4.68 Å². The van der Waals surface area contributed by atoms with Gasteiger partial charge < -0.3 is 5.32 Å². The third-order valence-electron chi connectivity index (χ3n) is 2.68. The standard InChI is InChI=1S/C12H13BrN4O2/c1-14-7-6-12-11(13)8-16(15-12)9-2-4-10(5-3-9)17(18)19/h2-5,8,14H,6-7H2,1H3. The van der Waals surface area contributed by atoms with Crippen LogP contribution in [0.1, 0.15) is 5.69 Å². The molecule has 0 saturated carbocycles. The summed E-state index contributed by atoms with van der Waals surface area (Å²) in [4.78, 5) is 10.2. The number of nitro benzene ring substituents is 1. The SMILES string of the molecule is CNCCc1nn(-c2ccc([N+](=O)[O-])cc2)cc1Br. The van der Waals surface area contributed by atoms with E-state index in [4.69, 9.17) is 0 Å². The van der Waals surface area contributed by atoms with E-state index in [1.165, 1.54) is 12.1 Å². The van der Waals surface area contributed by atoms with E-state index in [1.54, 1.807) is 16.8 Å². The molecule has 0 atom stereocenters. The van der Waals surface area contributed by atoms with Gasteiger partial charge in [-0.1, -0.05) is 0 Å². The number of nitrogens with zero attached hydrogens (tertiary/aromatic N) is 3. The highest BCUT2D eigenvalue weighted by molar-refractivity contribution is 9.10. The minimum Gasteiger partial charge on any atom is -0.319 e. The Balaban J connectivity index is 2.24. The number of hydrogen-bond acceptors (Lipinski definition) is 4. The van der Waals surface area contributed by atoms with Crippen LogP contribution in [0.5, 0.6) is 0 Å². The van der Waals surface area contributed by atoms with Crippen molar-refractivity contribution < 1.29 is 4.92 Å². The Morgan fingerprint density at radius 1 is 1.42 bits per heavy atom. The quantitative estimate of drug-likeness (QED) is 0.676. The second kappa shape index (κ2) is 5.94. The largest absolute Gasteiger partial charge is 0.319 e. The van der Waals surface area contributed by atoms with Crippen LogP contribution in [-0.4, -0.2) is 28.3 Å². The molecule has 0 saturated heterocycles. The first kappa shape index (κ1) is 13.7. The molecule has 0 aliphatic heterocycles. The van der Waals surface area contributed by atoms with Crippen LogP contribution in [-0.2, 0) is 6.42 Å². The molecule has 0 spiro atoms. The molecule has 1 aromatic heterocycles. The molecule has 0 aliphatic rings. The molecule has 1 aromatic carbocycles. The summed E-state index contributed by atoms with van der Waals surface area (Å²) in [6, 6.07) is 6.30. The van der Waals surface area contributed by atoms with Crippen molar-refractivity contribution in [2.75, 3.05) is 13.6 Å². The zero-order valence-corrected chi connectivity index (χ0v) is 11.9. The van der Waals surface area contributed by atoms with Crippen molar-refractivity contribution in [2.24, 2.45) is 0 Å². The Hall–Kier alpha value is -1.73. The lowest BCUT2D eigenvalue weighted by molar-refractivity contribution is -0.384. The molecule has 1 heterocycles. The highest BCUT2D eigenvalue weighted by Crippen LogP contribution is 2.20. The smallest absolute Gasteiger partial charge is 0.269 e. The number of nitro groups is 1. The Morgan fingerprint density at radius 3 is 2.68 bits per heavy atom. The number of hydrogen-bond donors (Lipinski definition) is 1. The van der Waals surface area contributed by atoms with Gasteiger partial charge in [0.2, 0.25) is 0 Å². The van der Waals surface area contributed by atoms with Crippen LogP contribution in [0.3, 0.4) is 0 Å². The van der Waals surface area contributed by atoms with E-state index in [1.807, 2.05) is 13.2 Å². The van der Waals surface area contributed by atoms with Gasteiger partial charge in [0.05, 0.1) is 20.8 Å². The van der Waals surface area contributed by atoms with Gasteiger partial charge in [-0.05, 0) is 35.1 Å². The highest BCUT2D eigenvalue weighted by atomic mass is 79.9. The summed E-state index contributed by atoms with van der Waals surface area (Å²) in [7, 11) is 1.89. The van der Waals surface area contributed by atoms with Crippen LogP contribution < -0.4 is 5.32 Å². The number of nitrogens with one attached hydrogen (secondary N) is 1. The number of rotatable bonds is 5. The van der Waals surface area contributed by atoms with E-state index in [0.29, 0.717) is 0 Å². The predicted octanol–water partition coefficient (Wildman–Crippen LogP) is 2.30. The van der Waals surface area contributed by atoms with E-state index in [-0.39, 0.29) is 5.69 Å². The van der Waals surface area contributed by atoms with Crippen LogP contribution >= 0.6 is 15.9 Å². The Morgan fingerprint density at radius 2 is 2.11 bits per heavy atom. The minimum absolute atomic E-state index is 0.0744. The lowest BCUT2D eigenvalue weighted by Crippen LogP contribution is -2.11. The van der Waals surface area contributed by atoms with Crippen LogP contribution in [0, 0.1) is 10.1 Å². The van der Waals surface area contributed by atoms with Gasteiger partial charge in [0.25, 0.3) is 5.69 Å². The zero-order valence-electron chi connectivity index (χ0n) is 10.3. The molecule has 0 amide bonds. The average Bonchev–Trinajstić information content (AvgIpc) is 2.78. The maximum Gasteiger partial charge on any atom is 0.269 e. The fourth-order valence-electron chi connectivity index (χ4n) is 1.66. The number of benzene rings is 1. The van der Waals surface area contributed by atoms with E-state index in [0.717, 1.165) is 28.8 Å². The molecule has 6 nitrogen and oxygen atoms in total. The molecule has 0 aliphatic carbocycles. The maximum absolute atomic E-state index is 10.6. The number of likely N-dealkylation sites (N-methyl/N-ethyl adjacent to an activating group) is 1. The van der Waals surface area contributed by atoms with E-state index in [9.17, 15) is 10.1 Å². The van der Waals surface area contributed by atoms with Gasteiger partial charge in [-0.2, -0.15) is 5.10 Å². The van der Waals surface area contributed by atoms with Gasteiger partial charge >= 0.3 is 0 Å². The molecule has 0 unspecified atom stereocenters. The molecule has 1 N–H and O–H groups in total. The lowest BCUT2D eigenvalue weighted by Gasteiger charge is -2.00. The summed E-state index contributed by atoms with van der Waals surface area (Å²) in [5, 5.41) is 18.1. The summed E-state index contributed by atoms with van der Waals surface area (Å²) in [5.41, 5.74) is 1.82. The van der Waals surface area contributed by atoms with E-state index >= 15 is 0 Å². The molecular weight excluding hydrogens is 312 g/mol. The molecule has 0 radical (unpaired) electrons. The fraction of sp³-hybridized carbons (Fsp3) is 0.250. The molecule has 0 bridgehead atoms. The third-order valence-corrected chi connectivity index (χ3v) is 3.34. The van der Waals surface area contributed by atoms with Gasteiger partial charge in [-0.15, -0.1) is 0 Å².